The van der Waals surface area contributed by atoms with Crippen LogP contribution in [-0.2, 0) is 18.0 Å². The Kier molecular flexibility index (Phi) is 4.78. The molecule has 0 amide bonds. The number of rotatable bonds is 6. The molecule has 0 aliphatic carbocycles. The first-order valence-electron chi connectivity index (χ1n) is 6.04. The summed E-state index contributed by atoms with van der Waals surface area (Å²) in [6, 6.07) is 15.0. The molecule has 0 fully saturated rings. The molecule has 0 atom stereocenters. The molecule has 100 valence electrons. The fraction of sp³-hybridized carbons (Fsp3) is 0.200. The van der Waals surface area contributed by atoms with Crippen LogP contribution in [0.1, 0.15) is 11.1 Å². The Morgan fingerprint density at radius 1 is 1.11 bits per heavy atom. The molecule has 2 N–H and O–H groups in total. The summed E-state index contributed by atoms with van der Waals surface area (Å²) in [5, 5.41) is 9.70. The summed E-state index contributed by atoms with van der Waals surface area (Å²) in [5.74, 6) is 0.925. The second-order valence-electron chi connectivity index (χ2n) is 4.09. The fourth-order valence-electron chi connectivity index (χ4n) is 1.67. The monoisotopic (exact) mass is 259 g/mol. The SMILES string of the molecule is COc1ccc(O)c(CNOCc2ccccc2)c1. The number of phenolic OH excluding ortho intramolecular Hbond substituents is 1. The fourth-order valence-corrected chi connectivity index (χ4v) is 1.67. The molecule has 19 heavy (non-hydrogen) atoms. The Balaban J connectivity index is 1.82. The molecule has 2 rings (SSSR count). The highest BCUT2D eigenvalue weighted by atomic mass is 16.6. The van der Waals surface area contributed by atoms with Crippen molar-refractivity contribution < 1.29 is 14.7 Å². The Bertz CT molecular complexity index is 514. The second kappa shape index (κ2) is 6.78. The van der Waals surface area contributed by atoms with E-state index in [2.05, 4.69) is 5.48 Å². The lowest BCUT2D eigenvalue weighted by molar-refractivity contribution is 0.0231. The van der Waals surface area contributed by atoms with Crippen LogP contribution in [-0.4, -0.2) is 12.2 Å². The number of hydrogen-bond donors (Lipinski definition) is 2. The Morgan fingerprint density at radius 2 is 1.89 bits per heavy atom. The summed E-state index contributed by atoms with van der Waals surface area (Å²) >= 11 is 0. The van der Waals surface area contributed by atoms with Gasteiger partial charge in [-0.05, 0) is 23.8 Å². The molecule has 4 heteroatoms. The molecule has 0 heterocycles. The van der Waals surface area contributed by atoms with E-state index in [9.17, 15) is 5.11 Å². The van der Waals surface area contributed by atoms with Crippen molar-refractivity contribution in [1.82, 2.24) is 5.48 Å². The Morgan fingerprint density at radius 3 is 2.63 bits per heavy atom. The highest BCUT2D eigenvalue weighted by Gasteiger charge is 2.03. The van der Waals surface area contributed by atoms with Crippen molar-refractivity contribution in [2.75, 3.05) is 7.11 Å². The van der Waals surface area contributed by atoms with E-state index in [1.807, 2.05) is 30.3 Å². The first-order valence-corrected chi connectivity index (χ1v) is 6.04. The highest BCUT2D eigenvalue weighted by Crippen LogP contribution is 2.22. The van der Waals surface area contributed by atoms with E-state index in [1.165, 1.54) is 0 Å². The third-order valence-electron chi connectivity index (χ3n) is 2.73. The number of aromatic hydroxyl groups is 1. The van der Waals surface area contributed by atoms with Crippen molar-refractivity contribution >= 4 is 0 Å². The number of phenols is 1. The van der Waals surface area contributed by atoms with Gasteiger partial charge in [-0.25, -0.2) is 0 Å². The molecule has 2 aromatic rings. The maximum absolute atomic E-state index is 9.70. The average molecular weight is 259 g/mol. The van der Waals surface area contributed by atoms with Crippen molar-refractivity contribution in [2.45, 2.75) is 13.2 Å². The largest absolute Gasteiger partial charge is 0.508 e. The summed E-state index contributed by atoms with van der Waals surface area (Å²) in [5.41, 5.74) is 4.64. The molecule has 0 spiro atoms. The van der Waals surface area contributed by atoms with Gasteiger partial charge in [0.1, 0.15) is 11.5 Å². The van der Waals surface area contributed by atoms with Gasteiger partial charge in [-0.1, -0.05) is 30.3 Å². The van der Waals surface area contributed by atoms with Gasteiger partial charge < -0.3 is 9.84 Å². The number of methoxy groups -OCH3 is 1. The van der Waals surface area contributed by atoms with E-state index in [0.717, 1.165) is 11.1 Å². The molecule has 0 radical (unpaired) electrons. The van der Waals surface area contributed by atoms with Crippen molar-refractivity contribution in [1.29, 1.82) is 0 Å². The van der Waals surface area contributed by atoms with Crippen LogP contribution >= 0.6 is 0 Å². The molecule has 0 unspecified atom stereocenters. The summed E-state index contributed by atoms with van der Waals surface area (Å²) in [6.45, 7) is 0.890. The van der Waals surface area contributed by atoms with E-state index in [1.54, 1.807) is 25.3 Å². The number of ether oxygens (including phenoxy) is 1. The van der Waals surface area contributed by atoms with Crippen LogP contribution in [0.4, 0.5) is 0 Å². The predicted molar refractivity (Wildman–Crippen MR) is 72.7 cm³/mol. The molecule has 0 saturated carbocycles. The Hall–Kier alpha value is -2.04. The summed E-state index contributed by atoms with van der Waals surface area (Å²) in [4.78, 5) is 5.35. The minimum absolute atomic E-state index is 0.219. The van der Waals surface area contributed by atoms with Crippen LogP contribution in [0.5, 0.6) is 11.5 Å². The second-order valence-corrected chi connectivity index (χ2v) is 4.09. The van der Waals surface area contributed by atoms with Gasteiger partial charge in [-0.2, -0.15) is 5.48 Å². The van der Waals surface area contributed by atoms with Crippen LogP contribution in [0.25, 0.3) is 0 Å². The van der Waals surface area contributed by atoms with Crippen molar-refractivity contribution in [3.05, 3.63) is 59.7 Å². The normalized spacial score (nSPS) is 10.4. The molecule has 2 aromatic carbocycles. The summed E-state index contributed by atoms with van der Waals surface area (Å²) in [6.07, 6.45) is 0. The quantitative estimate of drug-likeness (QED) is 0.618. The van der Waals surface area contributed by atoms with Gasteiger partial charge in [0.2, 0.25) is 0 Å². The van der Waals surface area contributed by atoms with E-state index >= 15 is 0 Å². The maximum Gasteiger partial charge on any atom is 0.120 e. The molecule has 0 aliphatic heterocycles. The zero-order valence-corrected chi connectivity index (χ0v) is 10.8. The Labute approximate surface area is 112 Å². The topological polar surface area (TPSA) is 50.7 Å². The van der Waals surface area contributed by atoms with Gasteiger partial charge in [0.15, 0.2) is 0 Å². The van der Waals surface area contributed by atoms with Crippen molar-refractivity contribution in [3.8, 4) is 11.5 Å². The number of nitrogens with one attached hydrogen (secondary N) is 1. The zero-order valence-electron chi connectivity index (χ0n) is 10.8. The maximum atomic E-state index is 9.70. The minimum atomic E-state index is 0.219. The molecule has 0 aromatic heterocycles. The van der Waals surface area contributed by atoms with Crippen molar-refractivity contribution in [2.24, 2.45) is 0 Å². The first-order chi connectivity index (χ1) is 9.29. The van der Waals surface area contributed by atoms with Gasteiger partial charge in [0.25, 0.3) is 0 Å². The third-order valence-corrected chi connectivity index (χ3v) is 2.73. The third kappa shape index (κ3) is 3.98. The average Bonchev–Trinajstić information content (AvgIpc) is 2.46. The lowest BCUT2D eigenvalue weighted by Gasteiger charge is -2.09. The van der Waals surface area contributed by atoms with Gasteiger partial charge >= 0.3 is 0 Å². The molecule has 0 aliphatic rings. The lowest BCUT2D eigenvalue weighted by atomic mass is 10.2. The van der Waals surface area contributed by atoms with Gasteiger partial charge in [0, 0.05) is 12.1 Å². The smallest absolute Gasteiger partial charge is 0.120 e. The van der Waals surface area contributed by atoms with E-state index < -0.39 is 0 Å². The van der Waals surface area contributed by atoms with Gasteiger partial charge in [-0.3, -0.25) is 4.84 Å². The zero-order chi connectivity index (χ0) is 13.5. The predicted octanol–water partition coefficient (Wildman–Crippen LogP) is 2.62. The van der Waals surface area contributed by atoms with Crippen LogP contribution < -0.4 is 10.2 Å². The molecule has 0 bridgehead atoms. The summed E-state index contributed by atoms with van der Waals surface area (Å²) < 4.78 is 5.11. The molecule has 4 nitrogen and oxygen atoms in total. The van der Waals surface area contributed by atoms with Crippen LogP contribution in [0, 0.1) is 0 Å². The lowest BCUT2D eigenvalue weighted by Crippen LogP contribution is -2.14. The van der Waals surface area contributed by atoms with Gasteiger partial charge in [0.05, 0.1) is 13.7 Å². The van der Waals surface area contributed by atoms with E-state index in [0.29, 0.717) is 18.9 Å². The number of hydrogen-bond acceptors (Lipinski definition) is 4. The van der Waals surface area contributed by atoms with Crippen LogP contribution in [0.2, 0.25) is 0 Å². The van der Waals surface area contributed by atoms with Crippen molar-refractivity contribution in [3.63, 3.8) is 0 Å². The first kappa shape index (κ1) is 13.4. The van der Waals surface area contributed by atoms with E-state index in [-0.39, 0.29) is 5.75 Å². The number of benzene rings is 2. The number of hydroxylamine groups is 1. The highest BCUT2D eigenvalue weighted by molar-refractivity contribution is 5.39. The standard InChI is InChI=1S/C15H17NO3/c1-18-14-7-8-15(17)13(9-14)10-16-19-11-12-5-3-2-4-6-12/h2-9,16-17H,10-11H2,1H3. The van der Waals surface area contributed by atoms with E-state index in [4.69, 9.17) is 9.57 Å². The molecular formula is C15H17NO3. The minimum Gasteiger partial charge on any atom is -0.508 e. The van der Waals surface area contributed by atoms with Gasteiger partial charge in [-0.15, -0.1) is 0 Å². The molecular weight excluding hydrogens is 242 g/mol. The summed E-state index contributed by atoms with van der Waals surface area (Å²) in [7, 11) is 1.59. The molecule has 0 saturated heterocycles. The van der Waals surface area contributed by atoms with Crippen LogP contribution in [0.15, 0.2) is 48.5 Å². The van der Waals surface area contributed by atoms with Crippen LogP contribution in [0.3, 0.4) is 0 Å².